The third kappa shape index (κ3) is 4.09. The summed E-state index contributed by atoms with van der Waals surface area (Å²) in [5.74, 6) is -0.218. The maximum absolute atomic E-state index is 10.1. The van der Waals surface area contributed by atoms with Gasteiger partial charge >= 0.3 is 0 Å². The molecule has 1 saturated heterocycles. The molecule has 2 aromatic rings. The number of hydrogen-bond donors (Lipinski definition) is 3. The smallest absolute Gasteiger partial charge is 0.218 e. The second kappa shape index (κ2) is 7.38. The Morgan fingerprint density at radius 2 is 2.21 bits per heavy atom. The van der Waals surface area contributed by atoms with Crippen LogP contribution >= 0.6 is 0 Å². The summed E-state index contributed by atoms with van der Waals surface area (Å²) in [5.41, 5.74) is 1.05. The van der Waals surface area contributed by atoms with Gasteiger partial charge in [-0.1, -0.05) is 12.1 Å². The van der Waals surface area contributed by atoms with Gasteiger partial charge in [0, 0.05) is 48.9 Å². The zero-order valence-corrected chi connectivity index (χ0v) is 16.0. The maximum Gasteiger partial charge on any atom is 0.218 e. The minimum Gasteiger partial charge on any atom is -0.472 e. The molecule has 28 heavy (non-hydrogen) atoms. The molecule has 0 bridgehead atoms. The van der Waals surface area contributed by atoms with Crippen LogP contribution in [0.25, 0.3) is 5.57 Å². The molecule has 2 aliphatic rings. The van der Waals surface area contributed by atoms with Crippen molar-refractivity contribution in [3.05, 3.63) is 60.7 Å². The SMILES string of the molecule is CC(C)(O)COC1(N2CC(Oc3ccccn3)C2)C=CC(c2cn[nH]c2)=CN1. The molecule has 0 saturated carbocycles. The topological polar surface area (TPSA) is 95.5 Å². The van der Waals surface area contributed by atoms with Crippen molar-refractivity contribution >= 4 is 5.57 Å². The Hall–Kier alpha value is -2.68. The van der Waals surface area contributed by atoms with E-state index >= 15 is 0 Å². The average molecular weight is 383 g/mol. The molecule has 0 amide bonds. The van der Waals surface area contributed by atoms with Crippen LogP contribution in [0.5, 0.6) is 5.88 Å². The predicted molar refractivity (Wildman–Crippen MR) is 104 cm³/mol. The van der Waals surface area contributed by atoms with E-state index in [1.165, 1.54) is 0 Å². The second-order valence-corrected chi connectivity index (χ2v) is 7.67. The van der Waals surface area contributed by atoms with Crippen LogP contribution in [-0.4, -0.2) is 62.4 Å². The lowest BCUT2D eigenvalue weighted by molar-refractivity contribution is -0.205. The third-order valence-corrected chi connectivity index (χ3v) is 4.64. The molecule has 0 aromatic carbocycles. The highest BCUT2D eigenvalue weighted by Gasteiger charge is 2.45. The van der Waals surface area contributed by atoms with Crippen LogP contribution in [0.3, 0.4) is 0 Å². The van der Waals surface area contributed by atoms with Gasteiger partial charge in [-0.3, -0.25) is 5.10 Å². The van der Waals surface area contributed by atoms with E-state index in [0.717, 1.165) is 11.1 Å². The van der Waals surface area contributed by atoms with Gasteiger partial charge in [0.2, 0.25) is 11.7 Å². The molecule has 0 radical (unpaired) electrons. The fourth-order valence-electron chi connectivity index (χ4n) is 3.10. The highest BCUT2D eigenvalue weighted by molar-refractivity contribution is 5.74. The van der Waals surface area contributed by atoms with Crippen molar-refractivity contribution in [1.82, 2.24) is 25.4 Å². The maximum atomic E-state index is 10.1. The van der Waals surface area contributed by atoms with Crippen molar-refractivity contribution < 1.29 is 14.6 Å². The molecule has 3 N–H and O–H groups in total. The molecule has 0 aliphatic carbocycles. The number of ether oxygens (including phenoxy) is 2. The molecular weight excluding hydrogens is 358 g/mol. The molecule has 1 atom stereocenters. The quantitative estimate of drug-likeness (QED) is 0.667. The number of pyridine rings is 1. The molecule has 148 valence electrons. The number of rotatable bonds is 7. The first-order chi connectivity index (χ1) is 13.4. The molecule has 2 aromatic heterocycles. The minimum absolute atomic E-state index is 0.0342. The zero-order chi connectivity index (χ0) is 19.6. The number of H-pyrrole nitrogens is 1. The monoisotopic (exact) mass is 383 g/mol. The van der Waals surface area contributed by atoms with Crippen molar-refractivity contribution in [2.24, 2.45) is 0 Å². The summed E-state index contributed by atoms with van der Waals surface area (Å²) in [4.78, 5) is 6.34. The van der Waals surface area contributed by atoms with E-state index in [0.29, 0.717) is 19.0 Å². The molecule has 4 rings (SSSR count). The molecule has 0 spiro atoms. The fraction of sp³-hybridized carbons (Fsp3) is 0.400. The molecule has 1 fully saturated rings. The number of aliphatic hydroxyl groups is 1. The molecule has 8 nitrogen and oxygen atoms in total. The van der Waals surface area contributed by atoms with Crippen LogP contribution in [0.15, 0.2) is 55.1 Å². The van der Waals surface area contributed by atoms with E-state index in [1.807, 2.05) is 42.7 Å². The summed E-state index contributed by atoms with van der Waals surface area (Å²) >= 11 is 0. The van der Waals surface area contributed by atoms with E-state index in [-0.39, 0.29) is 12.7 Å². The van der Waals surface area contributed by atoms with Crippen LogP contribution in [0.2, 0.25) is 0 Å². The summed E-state index contributed by atoms with van der Waals surface area (Å²) in [6.45, 7) is 4.98. The van der Waals surface area contributed by atoms with E-state index in [1.54, 1.807) is 26.2 Å². The Morgan fingerprint density at radius 1 is 1.36 bits per heavy atom. The van der Waals surface area contributed by atoms with Crippen molar-refractivity contribution in [3.8, 4) is 5.88 Å². The summed E-state index contributed by atoms with van der Waals surface area (Å²) < 4.78 is 12.0. The standard InChI is InChI=1S/C20H25N5O3/c1-19(2,26)14-27-20(7-6-15(9-22-20)16-10-23-24-11-16)25-12-17(13-25)28-18-5-3-4-8-21-18/h3-11,17,22,26H,12-14H2,1-2H3,(H,23,24). The number of allylic oxidation sites excluding steroid dienone is 2. The summed E-state index contributed by atoms with van der Waals surface area (Å²) in [7, 11) is 0. The first-order valence-electron chi connectivity index (χ1n) is 9.29. The van der Waals surface area contributed by atoms with E-state index < -0.39 is 11.4 Å². The number of nitrogens with one attached hydrogen (secondary N) is 2. The number of nitrogens with zero attached hydrogens (tertiary/aromatic N) is 3. The summed E-state index contributed by atoms with van der Waals surface area (Å²) in [6, 6.07) is 5.61. The molecule has 1 unspecified atom stereocenters. The Kier molecular flexibility index (Phi) is 4.92. The number of hydrogen-bond acceptors (Lipinski definition) is 7. The third-order valence-electron chi connectivity index (χ3n) is 4.64. The van der Waals surface area contributed by atoms with Gasteiger partial charge < -0.3 is 19.9 Å². The van der Waals surface area contributed by atoms with Gasteiger partial charge in [-0.05, 0) is 26.0 Å². The van der Waals surface area contributed by atoms with Gasteiger partial charge in [0.25, 0.3) is 0 Å². The van der Waals surface area contributed by atoms with Gasteiger partial charge in [0.05, 0.1) is 18.4 Å². The van der Waals surface area contributed by atoms with Gasteiger partial charge in [-0.2, -0.15) is 5.10 Å². The normalized spacial score (nSPS) is 23.0. The molecular formula is C20H25N5O3. The lowest BCUT2D eigenvalue weighted by atomic mass is 10.0. The summed E-state index contributed by atoms with van der Waals surface area (Å²) in [6.07, 6.45) is 11.2. The van der Waals surface area contributed by atoms with Gasteiger partial charge in [0.15, 0.2) is 0 Å². The number of aromatic nitrogens is 3. The predicted octanol–water partition coefficient (Wildman–Crippen LogP) is 1.51. The highest BCUT2D eigenvalue weighted by Crippen LogP contribution is 2.30. The van der Waals surface area contributed by atoms with Crippen LogP contribution in [0, 0.1) is 0 Å². The van der Waals surface area contributed by atoms with Crippen molar-refractivity contribution in [2.75, 3.05) is 19.7 Å². The van der Waals surface area contributed by atoms with Crippen molar-refractivity contribution in [2.45, 2.75) is 31.4 Å². The van der Waals surface area contributed by atoms with Crippen LogP contribution in [0.4, 0.5) is 0 Å². The van der Waals surface area contributed by atoms with E-state index in [9.17, 15) is 5.11 Å². The fourth-order valence-corrected chi connectivity index (χ4v) is 3.10. The number of likely N-dealkylation sites (tertiary alicyclic amines) is 1. The van der Waals surface area contributed by atoms with E-state index in [4.69, 9.17) is 9.47 Å². The first-order valence-corrected chi connectivity index (χ1v) is 9.29. The first kappa shape index (κ1) is 18.7. The number of dihydropyridines is 1. The lowest BCUT2D eigenvalue weighted by Crippen LogP contribution is -2.69. The second-order valence-electron chi connectivity index (χ2n) is 7.67. The Labute approximate surface area is 163 Å². The Morgan fingerprint density at radius 3 is 2.82 bits per heavy atom. The largest absolute Gasteiger partial charge is 0.472 e. The van der Waals surface area contributed by atoms with E-state index in [2.05, 4.69) is 25.4 Å². The van der Waals surface area contributed by atoms with Crippen LogP contribution < -0.4 is 10.1 Å². The average Bonchev–Trinajstić information content (AvgIpc) is 3.18. The van der Waals surface area contributed by atoms with Crippen LogP contribution in [0.1, 0.15) is 19.4 Å². The molecule has 4 heterocycles. The molecule has 8 heteroatoms. The molecule has 2 aliphatic heterocycles. The van der Waals surface area contributed by atoms with Gasteiger partial charge in [-0.15, -0.1) is 0 Å². The Balaban J connectivity index is 1.44. The zero-order valence-electron chi connectivity index (χ0n) is 16.0. The number of aromatic amines is 1. The lowest BCUT2D eigenvalue weighted by Gasteiger charge is -2.50. The minimum atomic E-state index is -0.939. The highest BCUT2D eigenvalue weighted by atomic mass is 16.5. The van der Waals surface area contributed by atoms with Crippen LogP contribution in [-0.2, 0) is 4.74 Å². The summed E-state index contributed by atoms with van der Waals surface area (Å²) in [5, 5.41) is 20.3. The van der Waals surface area contributed by atoms with Crippen molar-refractivity contribution in [3.63, 3.8) is 0 Å². The van der Waals surface area contributed by atoms with Crippen molar-refractivity contribution in [1.29, 1.82) is 0 Å². The van der Waals surface area contributed by atoms with Gasteiger partial charge in [-0.25, -0.2) is 9.88 Å². The Bertz CT molecular complexity index is 838. The van der Waals surface area contributed by atoms with Gasteiger partial charge in [0.1, 0.15) is 6.10 Å².